The van der Waals surface area contributed by atoms with Gasteiger partial charge in [0.1, 0.15) is 17.9 Å². The Balaban J connectivity index is 0.00000288. The lowest BCUT2D eigenvalue weighted by molar-refractivity contribution is 0.466. The summed E-state index contributed by atoms with van der Waals surface area (Å²) in [7, 11) is 1.86. The fourth-order valence-corrected chi connectivity index (χ4v) is 2.29. The van der Waals surface area contributed by atoms with Crippen molar-refractivity contribution < 1.29 is 5.11 Å². The number of rotatable bonds is 5. The Hall–Kier alpha value is -1.84. The number of phenols is 1. The SMILES string of the molecule is CCNC(=NCc1cc(C)c(O)c(C)c1)NCc1ncnn1C.I. The third-order valence-corrected chi connectivity index (χ3v) is 3.53. The van der Waals surface area contributed by atoms with Crippen LogP contribution in [-0.4, -0.2) is 32.4 Å². The number of hydrogen-bond donors (Lipinski definition) is 3. The van der Waals surface area contributed by atoms with Crippen LogP contribution in [0.2, 0.25) is 0 Å². The summed E-state index contributed by atoms with van der Waals surface area (Å²) in [5.74, 6) is 1.91. The number of aromatic nitrogens is 3. The average molecular weight is 444 g/mol. The molecule has 0 amide bonds. The number of hydrogen-bond acceptors (Lipinski definition) is 4. The molecule has 2 rings (SSSR count). The Bertz CT molecular complexity index is 675. The van der Waals surface area contributed by atoms with Gasteiger partial charge in [0.15, 0.2) is 5.96 Å². The third kappa shape index (κ3) is 5.36. The van der Waals surface area contributed by atoms with E-state index in [1.807, 2.05) is 40.0 Å². The van der Waals surface area contributed by atoms with E-state index in [2.05, 4.69) is 25.7 Å². The minimum Gasteiger partial charge on any atom is -0.507 e. The topological polar surface area (TPSA) is 87.4 Å². The number of aryl methyl sites for hydroxylation is 3. The molecule has 0 atom stereocenters. The smallest absolute Gasteiger partial charge is 0.191 e. The van der Waals surface area contributed by atoms with E-state index in [9.17, 15) is 5.11 Å². The molecule has 0 spiro atoms. The van der Waals surface area contributed by atoms with Gasteiger partial charge < -0.3 is 15.7 Å². The van der Waals surface area contributed by atoms with E-state index in [1.54, 1.807) is 4.68 Å². The zero-order chi connectivity index (χ0) is 16.8. The maximum absolute atomic E-state index is 9.83. The summed E-state index contributed by atoms with van der Waals surface area (Å²) in [6.07, 6.45) is 1.53. The van der Waals surface area contributed by atoms with Gasteiger partial charge in [0.25, 0.3) is 0 Å². The van der Waals surface area contributed by atoms with Crippen molar-refractivity contribution in [2.75, 3.05) is 6.54 Å². The van der Waals surface area contributed by atoms with E-state index in [4.69, 9.17) is 0 Å². The number of aliphatic imine (C=N–C) groups is 1. The van der Waals surface area contributed by atoms with E-state index in [-0.39, 0.29) is 24.0 Å². The summed E-state index contributed by atoms with van der Waals surface area (Å²) in [6.45, 7) is 7.68. The molecule has 0 radical (unpaired) electrons. The van der Waals surface area contributed by atoms with Crippen LogP contribution in [0.15, 0.2) is 23.5 Å². The lowest BCUT2D eigenvalue weighted by Crippen LogP contribution is -2.37. The molecule has 132 valence electrons. The first-order chi connectivity index (χ1) is 11.0. The molecule has 0 aliphatic carbocycles. The summed E-state index contributed by atoms with van der Waals surface area (Å²) in [5, 5.41) is 20.3. The molecular weight excluding hydrogens is 419 g/mol. The molecule has 2 aromatic rings. The quantitative estimate of drug-likeness (QED) is 0.373. The molecule has 0 fully saturated rings. The van der Waals surface area contributed by atoms with Crippen molar-refractivity contribution >= 4 is 29.9 Å². The second kappa shape index (κ2) is 9.45. The van der Waals surface area contributed by atoms with Gasteiger partial charge in [0.05, 0.1) is 13.1 Å². The molecule has 0 unspecified atom stereocenters. The van der Waals surface area contributed by atoms with Crippen molar-refractivity contribution in [3.05, 3.63) is 41.0 Å². The molecule has 1 heterocycles. The molecule has 3 N–H and O–H groups in total. The first-order valence-electron chi connectivity index (χ1n) is 7.65. The van der Waals surface area contributed by atoms with Crippen LogP contribution in [0.1, 0.15) is 29.4 Å². The molecule has 0 aliphatic heterocycles. The standard InChI is InChI=1S/C16H24N6O.HI/c1-5-17-16(19-9-14-20-10-21-22(14)4)18-8-13-6-11(2)15(23)12(3)7-13;/h6-7,10,23H,5,8-9H2,1-4H3,(H2,17,18,19);1H. The fourth-order valence-electron chi connectivity index (χ4n) is 2.29. The van der Waals surface area contributed by atoms with E-state index in [1.165, 1.54) is 6.33 Å². The fraction of sp³-hybridized carbons (Fsp3) is 0.438. The van der Waals surface area contributed by atoms with Crippen molar-refractivity contribution in [3.63, 3.8) is 0 Å². The summed E-state index contributed by atoms with van der Waals surface area (Å²) in [6, 6.07) is 3.91. The molecule has 0 saturated heterocycles. The number of aromatic hydroxyl groups is 1. The van der Waals surface area contributed by atoms with Gasteiger partial charge in [-0.15, -0.1) is 24.0 Å². The predicted octanol–water partition coefficient (Wildman–Crippen LogP) is 2.01. The number of benzene rings is 1. The first-order valence-corrected chi connectivity index (χ1v) is 7.65. The largest absolute Gasteiger partial charge is 0.507 e. The number of nitrogens with one attached hydrogen (secondary N) is 2. The van der Waals surface area contributed by atoms with Crippen LogP contribution in [0.4, 0.5) is 0 Å². The minimum absolute atomic E-state index is 0. The van der Waals surface area contributed by atoms with Crippen LogP contribution in [0.3, 0.4) is 0 Å². The van der Waals surface area contributed by atoms with Crippen LogP contribution >= 0.6 is 24.0 Å². The van der Waals surface area contributed by atoms with E-state index >= 15 is 0 Å². The third-order valence-electron chi connectivity index (χ3n) is 3.53. The highest BCUT2D eigenvalue weighted by atomic mass is 127. The van der Waals surface area contributed by atoms with E-state index in [0.717, 1.165) is 35.0 Å². The highest BCUT2D eigenvalue weighted by molar-refractivity contribution is 14.0. The van der Waals surface area contributed by atoms with Crippen LogP contribution in [-0.2, 0) is 20.1 Å². The minimum atomic E-state index is 0. The summed E-state index contributed by atoms with van der Waals surface area (Å²) in [4.78, 5) is 8.76. The Labute approximate surface area is 159 Å². The van der Waals surface area contributed by atoms with Crippen molar-refractivity contribution in [1.82, 2.24) is 25.4 Å². The van der Waals surface area contributed by atoms with Gasteiger partial charge in [-0.1, -0.05) is 12.1 Å². The highest BCUT2D eigenvalue weighted by Gasteiger charge is 2.05. The van der Waals surface area contributed by atoms with E-state index in [0.29, 0.717) is 18.8 Å². The maximum Gasteiger partial charge on any atom is 0.191 e. The van der Waals surface area contributed by atoms with Gasteiger partial charge >= 0.3 is 0 Å². The zero-order valence-corrected chi connectivity index (χ0v) is 16.8. The van der Waals surface area contributed by atoms with Crippen molar-refractivity contribution in [2.24, 2.45) is 12.0 Å². The molecule has 24 heavy (non-hydrogen) atoms. The van der Waals surface area contributed by atoms with Gasteiger partial charge in [-0.2, -0.15) is 5.10 Å². The first kappa shape index (κ1) is 20.2. The second-order valence-electron chi connectivity index (χ2n) is 5.43. The Morgan fingerprint density at radius 3 is 2.46 bits per heavy atom. The van der Waals surface area contributed by atoms with Crippen molar-refractivity contribution in [1.29, 1.82) is 0 Å². The Morgan fingerprint density at radius 1 is 1.25 bits per heavy atom. The number of halogens is 1. The summed E-state index contributed by atoms with van der Waals surface area (Å²) >= 11 is 0. The van der Waals surface area contributed by atoms with Crippen LogP contribution in [0.25, 0.3) is 0 Å². The van der Waals surface area contributed by atoms with Crippen molar-refractivity contribution in [2.45, 2.75) is 33.9 Å². The van der Waals surface area contributed by atoms with Crippen LogP contribution in [0, 0.1) is 13.8 Å². The summed E-state index contributed by atoms with van der Waals surface area (Å²) in [5.41, 5.74) is 2.80. The number of phenolic OH excluding ortho intramolecular Hbond substituents is 1. The molecule has 0 aliphatic rings. The van der Waals surface area contributed by atoms with Crippen LogP contribution in [0.5, 0.6) is 5.75 Å². The van der Waals surface area contributed by atoms with Gasteiger partial charge in [-0.3, -0.25) is 4.68 Å². The normalized spacial score (nSPS) is 11.1. The highest BCUT2D eigenvalue weighted by Crippen LogP contribution is 2.23. The lowest BCUT2D eigenvalue weighted by Gasteiger charge is -2.11. The molecule has 1 aromatic carbocycles. The number of nitrogens with zero attached hydrogens (tertiary/aromatic N) is 4. The molecule has 7 nitrogen and oxygen atoms in total. The van der Waals surface area contributed by atoms with Crippen molar-refractivity contribution in [3.8, 4) is 5.75 Å². The maximum atomic E-state index is 9.83. The lowest BCUT2D eigenvalue weighted by atomic mass is 10.1. The molecule has 0 saturated carbocycles. The van der Waals surface area contributed by atoms with Gasteiger partial charge in [-0.05, 0) is 37.5 Å². The second-order valence-corrected chi connectivity index (χ2v) is 5.43. The molecule has 0 bridgehead atoms. The van der Waals surface area contributed by atoms with E-state index < -0.39 is 0 Å². The number of guanidine groups is 1. The molecule has 8 heteroatoms. The van der Waals surface area contributed by atoms with Gasteiger partial charge in [0.2, 0.25) is 0 Å². The monoisotopic (exact) mass is 444 g/mol. The average Bonchev–Trinajstić information content (AvgIpc) is 2.92. The van der Waals surface area contributed by atoms with Gasteiger partial charge in [-0.25, -0.2) is 9.98 Å². The van der Waals surface area contributed by atoms with Crippen LogP contribution < -0.4 is 10.6 Å². The zero-order valence-electron chi connectivity index (χ0n) is 14.5. The molecular formula is C16H25IN6O. The van der Waals surface area contributed by atoms with Gasteiger partial charge in [0, 0.05) is 13.6 Å². The Kier molecular flexibility index (Phi) is 7.96. The summed E-state index contributed by atoms with van der Waals surface area (Å²) < 4.78 is 1.73. The Morgan fingerprint density at radius 2 is 1.92 bits per heavy atom. The predicted molar refractivity (Wildman–Crippen MR) is 106 cm³/mol. The molecule has 1 aromatic heterocycles.